The largest absolute Gasteiger partial charge is 0.337 e. The third kappa shape index (κ3) is 3.25. The van der Waals surface area contributed by atoms with Crippen molar-refractivity contribution in [1.82, 2.24) is 24.7 Å². The van der Waals surface area contributed by atoms with E-state index in [4.69, 9.17) is 5.10 Å². The Morgan fingerprint density at radius 1 is 1.00 bits per heavy atom. The van der Waals surface area contributed by atoms with Crippen LogP contribution in [0.25, 0.3) is 39.6 Å². The molecule has 0 amide bonds. The van der Waals surface area contributed by atoms with Gasteiger partial charge in [0.05, 0.1) is 22.3 Å². The Morgan fingerprint density at radius 2 is 1.83 bits per heavy atom. The molecule has 5 rings (SSSR count). The van der Waals surface area contributed by atoms with Gasteiger partial charge < -0.3 is 4.98 Å². The van der Waals surface area contributed by atoms with Crippen LogP contribution >= 0.6 is 0 Å². The van der Waals surface area contributed by atoms with Crippen LogP contribution in [0.3, 0.4) is 0 Å². The summed E-state index contributed by atoms with van der Waals surface area (Å²) in [4.78, 5) is 12.0. The molecule has 3 heterocycles. The van der Waals surface area contributed by atoms with Gasteiger partial charge in [-0.1, -0.05) is 30.3 Å². The smallest absolute Gasteiger partial charge is 0.149 e. The number of hydrogen-bond acceptors (Lipinski definition) is 4. The fraction of sp³-hybridized carbons (Fsp3) is 0. The Labute approximate surface area is 172 Å². The van der Waals surface area contributed by atoms with Crippen LogP contribution < -0.4 is 0 Å². The molecule has 0 aliphatic heterocycles. The summed E-state index contributed by atoms with van der Waals surface area (Å²) in [5.74, 6) is 0.531. The predicted molar refractivity (Wildman–Crippen MR) is 116 cm³/mol. The second-order valence-electron chi connectivity index (χ2n) is 6.73. The van der Waals surface area contributed by atoms with Crippen molar-refractivity contribution < 1.29 is 0 Å². The van der Waals surface area contributed by atoms with E-state index in [0.29, 0.717) is 11.4 Å². The molecule has 0 aliphatic carbocycles. The summed E-state index contributed by atoms with van der Waals surface area (Å²) in [6, 6.07) is 23.7. The van der Waals surface area contributed by atoms with Crippen LogP contribution in [0.1, 0.15) is 11.4 Å². The van der Waals surface area contributed by atoms with Gasteiger partial charge in [0.1, 0.15) is 17.6 Å². The molecule has 5 aromatic rings. The van der Waals surface area contributed by atoms with Gasteiger partial charge in [0.2, 0.25) is 0 Å². The number of aromatic amines is 1. The Kier molecular flexibility index (Phi) is 4.39. The Balaban J connectivity index is 1.66. The molecule has 0 radical (unpaired) electrons. The molecule has 2 aromatic carbocycles. The molecule has 1 N–H and O–H groups in total. The number of nitriles is 1. The van der Waals surface area contributed by atoms with Crippen molar-refractivity contribution in [1.29, 1.82) is 5.26 Å². The Hall–Kier alpha value is -4.50. The molecule has 6 heteroatoms. The number of fused-ring (bicyclic) bond motifs is 1. The van der Waals surface area contributed by atoms with E-state index in [9.17, 15) is 5.26 Å². The molecule has 0 aliphatic rings. The van der Waals surface area contributed by atoms with E-state index in [-0.39, 0.29) is 0 Å². The summed E-state index contributed by atoms with van der Waals surface area (Å²) in [5, 5.41) is 14.6. The van der Waals surface area contributed by atoms with Crippen LogP contribution in [0, 0.1) is 11.3 Å². The monoisotopic (exact) mass is 388 g/mol. The number of nitrogens with zero attached hydrogens (tertiary/aromatic N) is 5. The quantitative estimate of drug-likeness (QED) is 0.445. The lowest BCUT2D eigenvalue weighted by molar-refractivity contribution is 0.884. The molecule has 0 saturated heterocycles. The molecule has 0 bridgehead atoms. The van der Waals surface area contributed by atoms with Crippen LogP contribution in [0.4, 0.5) is 0 Å². The van der Waals surface area contributed by atoms with Gasteiger partial charge in [0, 0.05) is 29.7 Å². The summed E-state index contributed by atoms with van der Waals surface area (Å²) in [5.41, 5.74) is 5.51. The summed E-state index contributed by atoms with van der Waals surface area (Å²) in [7, 11) is 0. The van der Waals surface area contributed by atoms with E-state index in [1.807, 2.05) is 83.7 Å². The minimum Gasteiger partial charge on any atom is -0.337 e. The van der Waals surface area contributed by atoms with Gasteiger partial charge in [0.25, 0.3) is 0 Å². The zero-order chi connectivity index (χ0) is 20.3. The van der Waals surface area contributed by atoms with Crippen LogP contribution in [0.5, 0.6) is 0 Å². The Bertz CT molecular complexity index is 1360. The second kappa shape index (κ2) is 7.49. The van der Waals surface area contributed by atoms with E-state index >= 15 is 0 Å². The molecular formula is C24H16N6. The average Bonchev–Trinajstić information content (AvgIpc) is 3.43. The molecule has 0 atom stereocenters. The first kappa shape index (κ1) is 17.6. The van der Waals surface area contributed by atoms with Gasteiger partial charge >= 0.3 is 0 Å². The molecule has 0 saturated carbocycles. The van der Waals surface area contributed by atoms with E-state index in [1.54, 1.807) is 12.4 Å². The highest BCUT2D eigenvalue weighted by molar-refractivity contribution is 5.92. The van der Waals surface area contributed by atoms with Crippen molar-refractivity contribution in [3.63, 3.8) is 0 Å². The number of allylic oxidation sites excluding steroid dienone is 1. The van der Waals surface area contributed by atoms with Crippen molar-refractivity contribution in [3.8, 4) is 23.0 Å². The number of imidazole rings is 1. The van der Waals surface area contributed by atoms with Crippen molar-refractivity contribution in [2.24, 2.45) is 0 Å². The lowest BCUT2D eigenvalue weighted by Crippen LogP contribution is -1.94. The molecule has 0 fully saturated rings. The van der Waals surface area contributed by atoms with Gasteiger partial charge in [-0.2, -0.15) is 10.4 Å². The minimum absolute atomic E-state index is 0.434. The number of pyridine rings is 1. The maximum atomic E-state index is 9.83. The summed E-state index contributed by atoms with van der Waals surface area (Å²) in [6.07, 6.45) is 7.22. The summed E-state index contributed by atoms with van der Waals surface area (Å²) < 4.78 is 1.81. The molecule has 0 unspecified atom stereocenters. The number of aromatic nitrogens is 5. The lowest BCUT2D eigenvalue weighted by Gasteiger charge is -2.00. The third-order valence-corrected chi connectivity index (χ3v) is 4.76. The SMILES string of the molecule is N#C/C(=C/c1cn(-c2ccccc2)nc1-c1cccnc1)c1nc2ccccc2[nH]1. The van der Waals surface area contributed by atoms with Crippen LogP contribution in [-0.2, 0) is 0 Å². The fourth-order valence-corrected chi connectivity index (χ4v) is 3.32. The second-order valence-corrected chi connectivity index (χ2v) is 6.73. The summed E-state index contributed by atoms with van der Waals surface area (Å²) in [6.45, 7) is 0. The van der Waals surface area contributed by atoms with Gasteiger partial charge in [-0.05, 0) is 42.5 Å². The number of benzene rings is 2. The van der Waals surface area contributed by atoms with Crippen molar-refractivity contribution in [2.75, 3.05) is 0 Å². The molecule has 30 heavy (non-hydrogen) atoms. The molecule has 0 spiro atoms. The molecule has 3 aromatic heterocycles. The maximum absolute atomic E-state index is 9.83. The van der Waals surface area contributed by atoms with E-state index < -0.39 is 0 Å². The standard InChI is InChI=1S/C24H16N6/c25-14-18(24-27-21-10-4-5-11-22(21)28-24)13-19-16-30(20-8-2-1-3-9-20)29-23(19)17-7-6-12-26-15-17/h1-13,15-16H,(H,27,28)/b18-13-. The highest BCUT2D eigenvalue weighted by Crippen LogP contribution is 2.27. The average molecular weight is 388 g/mol. The van der Waals surface area contributed by atoms with Crippen molar-refractivity contribution in [3.05, 3.63) is 96.7 Å². The first-order chi connectivity index (χ1) is 14.8. The minimum atomic E-state index is 0.434. The Morgan fingerprint density at radius 3 is 2.60 bits per heavy atom. The van der Waals surface area contributed by atoms with Gasteiger partial charge in [-0.3, -0.25) is 4.98 Å². The number of H-pyrrole nitrogens is 1. The maximum Gasteiger partial charge on any atom is 0.149 e. The van der Waals surface area contributed by atoms with Crippen LogP contribution in [-0.4, -0.2) is 24.7 Å². The topological polar surface area (TPSA) is 83.2 Å². The normalized spacial score (nSPS) is 11.5. The van der Waals surface area contributed by atoms with E-state index in [2.05, 4.69) is 21.0 Å². The highest BCUT2D eigenvalue weighted by atomic mass is 15.3. The zero-order valence-corrected chi connectivity index (χ0v) is 15.9. The zero-order valence-electron chi connectivity index (χ0n) is 15.9. The van der Waals surface area contributed by atoms with Crippen molar-refractivity contribution in [2.45, 2.75) is 0 Å². The van der Waals surface area contributed by atoms with Crippen molar-refractivity contribution >= 4 is 22.7 Å². The van der Waals surface area contributed by atoms with E-state index in [1.165, 1.54) is 0 Å². The highest BCUT2D eigenvalue weighted by Gasteiger charge is 2.14. The third-order valence-electron chi connectivity index (χ3n) is 4.76. The van der Waals surface area contributed by atoms with Crippen LogP contribution in [0.2, 0.25) is 0 Å². The van der Waals surface area contributed by atoms with Gasteiger partial charge in [-0.15, -0.1) is 0 Å². The lowest BCUT2D eigenvalue weighted by atomic mass is 10.1. The number of hydrogen-bond donors (Lipinski definition) is 1. The predicted octanol–water partition coefficient (Wildman–Crippen LogP) is 4.87. The first-order valence-corrected chi connectivity index (χ1v) is 9.44. The van der Waals surface area contributed by atoms with Crippen LogP contribution in [0.15, 0.2) is 85.3 Å². The molecule has 6 nitrogen and oxygen atoms in total. The molecule has 142 valence electrons. The number of rotatable bonds is 4. The number of para-hydroxylation sites is 3. The van der Waals surface area contributed by atoms with Gasteiger partial charge in [-0.25, -0.2) is 9.67 Å². The van der Waals surface area contributed by atoms with E-state index in [0.717, 1.165) is 33.5 Å². The number of nitrogens with one attached hydrogen (secondary N) is 1. The molecular weight excluding hydrogens is 372 g/mol. The first-order valence-electron chi connectivity index (χ1n) is 9.44. The summed E-state index contributed by atoms with van der Waals surface area (Å²) >= 11 is 0. The fourth-order valence-electron chi connectivity index (χ4n) is 3.32. The van der Waals surface area contributed by atoms with Gasteiger partial charge in [0.15, 0.2) is 0 Å².